The molecule has 1 unspecified atom stereocenters. The molecule has 1 aromatic rings. The van der Waals surface area contributed by atoms with Gasteiger partial charge in [-0.05, 0) is 24.5 Å². The van der Waals surface area contributed by atoms with Crippen LogP contribution in [-0.2, 0) is 4.79 Å². The van der Waals surface area contributed by atoms with Crippen molar-refractivity contribution in [2.24, 2.45) is 11.1 Å². The monoisotopic (exact) mass is 349 g/mol. The highest BCUT2D eigenvalue weighted by Gasteiger charge is 2.27. The molecule has 1 amide bonds. The van der Waals surface area contributed by atoms with E-state index in [1.54, 1.807) is 0 Å². The van der Waals surface area contributed by atoms with Gasteiger partial charge in [-0.25, -0.2) is 0 Å². The van der Waals surface area contributed by atoms with E-state index in [0.717, 1.165) is 5.69 Å². The van der Waals surface area contributed by atoms with E-state index in [1.165, 1.54) is 0 Å². The molecule has 0 aromatic heterocycles. The first-order valence-corrected chi connectivity index (χ1v) is 7.04. The van der Waals surface area contributed by atoms with Crippen LogP contribution in [0.3, 0.4) is 0 Å². The fourth-order valence-corrected chi connectivity index (χ4v) is 1.81. The predicted molar refractivity (Wildman–Crippen MR) is 99.2 cm³/mol. The lowest BCUT2D eigenvalue weighted by atomic mass is 9.87. The Hall–Kier alpha value is -0.970. The minimum absolute atomic E-state index is 0. The fraction of sp³-hybridized carbons (Fsp3) is 0.562. The summed E-state index contributed by atoms with van der Waals surface area (Å²) in [5.41, 5.74) is 6.85. The number of carbonyl (C=O) groups excluding carboxylic acids is 1. The number of rotatable bonds is 5. The lowest BCUT2D eigenvalue weighted by Crippen LogP contribution is -2.51. The second-order valence-electron chi connectivity index (χ2n) is 6.38. The third kappa shape index (κ3) is 6.86. The minimum Gasteiger partial charge on any atom is -0.370 e. The van der Waals surface area contributed by atoms with Crippen LogP contribution in [0.15, 0.2) is 30.3 Å². The van der Waals surface area contributed by atoms with Crippen LogP contribution in [0.25, 0.3) is 0 Å². The molecule has 0 bridgehead atoms. The number of nitrogens with two attached hydrogens (primary N) is 1. The van der Waals surface area contributed by atoms with E-state index in [1.807, 2.05) is 46.0 Å². The van der Waals surface area contributed by atoms with Gasteiger partial charge in [-0.15, -0.1) is 24.8 Å². The van der Waals surface area contributed by atoms with Crippen molar-refractivity contribution in [2.75, 3.05) is 18.5 Å². The number of amides is 1. The molecule has 0 aliphatic rings. The maximum Gasteiger partial charge on any atom is 0.237 e. The van der Waals surface area contributed by atoms with Crippen LogP contribution >= 0.6 is 24.8 Å². The molecule has 0 saturated heterocycles. The second kappa shape index (κ2) is 9.93. The molecule has 0 saturated carbocycles. The first-order valence-electron chi connectivity index (χ1n) is 7.04. The quantitative estimate of drug-likeness (QED) is 0.859. The van der Waals surface area contributed by atoms with Crippen molar-refractivity contribution in [3.05, 3.63) is 30.3 Å². The average Bonchev–Trinajstić information content (AvgIpc) is 2.42. The number of anilines is 1. The molecule has 0 aliphatic heterocycles. The zero-order chi connectivity index (χ0) is 15.3. The highest BCUT2D eigenvalue weighted by Crippen LogP contribution is 2.17. The van der Waals surface area contributed by atoms with E-state index < -0.39 is 6.04 Å². The van der Waals surface area contributed by atoms with E-state index in [2.05, 4.69) is 29.3 Å². The van der Waals surface area contributed by atoms with Crippen LogP contribution in [0, 0.1) is 5.41 Å². The fourth-order valence-electron chi connectivity index (χ4n) is 1.81. The smallest absolute Gasteiger partial charge is 0.237 e. The van der Waals surface area contributed by atoms with Gasteiger partial charge in [0.15, 0.2) is 0 Å². The first kappa shape index (κ1) is 23.3. The number of halogens is 2. The normalized spacial score (nSPS) is 13.2. The van der Waals surface area contributed by atoms with Crippen molar-refractivity contribution in [2.45, 2.75) is 39.8 Å². The lowest BCUT2D eigenvalue weighted by Gasteiger charge is -2.29. The van der Waals surface area contributed by atoms with Gasteiger partial charge in [-0.3, -0.25) is 4.79 Å². The van der Waals surface area contributed by atoms with E-state index >= 15 is 0 Å². The largest absolute Gasteiger partial charge is 0.370 e. The number of hydrogen-bond donors (Lipinski definition) is 2. The molecule has 0 aliphatic carbocycles. The summed E-state index contributed by atoms with van der Waals surface area (Å²) in [6.07, 6.45) is 0. The van der Waals surface area contributed by atoms with E-state index in [4.69, 9.17) is 5.73 Å². The van der Waals surface area contributed by atoms with Gasteiger partial charge in [0.05, 0.1) is 6.04 Å². The maximum atomic E-state index is 12.0. The van der Waals surface area contributed by atoms with Crippen LogP contribution < -0.4 is 16.0 Å². The van der Waals surface area contributed by atoms with Crippen LogP contribution in [0.4, 0.5) is 5.69 Å². The van der Waals surface area contributed by atoms with Crippen molar-refractivity contribution in [3.8, 4) is 0 Å². The third-order valence-electron chi connectivity index (χ3n) is 3.61. The van der Waals surface area contributed by atoms with Gasteiger partial charge >= 0.3 is 0 Å². The van der Waals surface area contributed by atoms with Crippen LogP contribution in [0.5, 0.6) is 0 Å². The molecule has 1 rings (SSSR count). The summed E-state index contributed by atoms with van der Waals surface area (Å²) < 4.78 is 0. The summed E-state index contributed by atoms with van der Waals surface area (Å²) in [7, 11) is 2.02. The van der Waals surface area contributed by atoms with E-state index in [0.29, 0.717) is 6.54 Å². The van der Waals surface area contributed by atoms with E-state index in [-0.39, 0.29) is 42.2 Å². The highest BCUT2D eigenvalue weighted by atomic mass is 35.5. The summed E-state index contributed by atoms with van der Waals surface area (Å²) in [6, 6.07) is 9.83. The molecule has 0 radical (unpaired) electrons. The standard InChI is InChI=1S/C16H27N3O.2ClH/c1-12(19(5)13-9-7-6-8-10-13)11-18-15(20)14(17)16(2,3)4;;/h6-10,12,14H,11,17H2,1-5H3,(H,18,20);2*1H/t12?,14-;;/m1../s1. The minimum atomic E-state index is -0.489. The van der Waals surface area contributed by atoms with Gasteiger partial charge in [0.1, 0.15) is 0 Å². The number of benzene rings is 1. The Kier molecular flexibility index (Phi) is 10.5. The zero-order valence-electron chi connectivity index (χ0n) is 14.0. The lowest BCUT2D eigenvalue weighted by molar-refractivity contribution is -0.124. The van der Waals surface area contributed by atoms with Gasteiger partial charge in [-0.2, -0.15) is 0 Å². The molecule has 4 nitrogen and oxygen atoms in total. The van der Waals surface area contributed by atoms with Crippen molar-refractivity contribution in [1.29, 1.82) is 0 Å². The molecule has 0 spiro atoms. The summed E-state index contributed by atoms with van der Waals surface area (Å²) in [6.45, 7) is 8.56. The van der Waals surface area contributed by atoms with Crippen molar-refractivity contribution < 1.29 is 4.79 Å². The van der Waals surface area contributed by atoms with Crippen LogP contribution in [0.1, 0.15) is 27.7 Å². The number of nitrogens with zero attached hydrogens (tertiary/aromatic N) is 1. The Labute approximate surface area is 146 Å². The molecule has 6 heteroatoms. The molecule has 1 aromatic carbocycles. The SMILES string of the molecule is CC(CNC(=O)[C@@H](N)C(C)(C)C)N(C)c1ccccc1.Cl.Cl. The highest BCUT2D eigenvalue weighted by molar-refractivity contribution is 5.85. The Bertz CT molecular complexity index is 435. The zero-order valence-corrected chi connectivity index (χ0v) is 15.6. The Balaban J connectivity index is 0. The third-order valence-corrected chi connectivity index (χ3v) is 3.61. The van der Waals surface area contributed by atoms with Crippen LogP contribution in [-0.4, -0.2) is 31.6 Å². The maximum absolute atomic E-state index is 12.0. The van der Waals surface area contributed by atoms with Gasteiger partial charge in [0, 0.05) is 25.3 Å². The van der Waals surface area contributed by atoms with Gasteiger partial charge < -0.3 is 16.0 Å². The van der Waals surface area contributed by atoms with Crippen molar-refractivity contribution in [3.63, 3.8) is 0 Å². The molecule has 2 atom stereocenters. The Morgan fingerprint density at radius 2 is 1.73 bits per heavy atom. The molecular weight excluding hydrogens is 321 g/mol. The number of carbonyl (C=O) groups is 1. The molecular formula is C16H29Cl2N3O. The van der Waals surface area contributed by atoms with Crippen molar-refractivity contribution >= 4 is 36.4 Å². The summed E-state index contributed by atoms with van der Waals surface area (Å²) in [5.74, 6) is -0.0918. The Morgan fingerprint density at radius 1 is 1.23 bits per heavy atom. The number of hydrogen-bond acceptors (Lipinski definition) is 3. The average molecular weight is 350 g/mol. The topological polar surface area (TPSA) is 58.4 Å². The first-order chi connectivity index (χ1) is 9.23. The van der Waals surface area contributed by atoms with Gasteiger partial charge in [0.2, 0.25) is 5.91 Å². The van der Waals surface area contributed by atoms with Gasteiger partial charge in [0.25, 0.3) is 0 Å². The Morgan fingerprint density at radius 3 is 2.18 bits per heavy atom. The van der Waals surface area contributed by atoms with E-state index in [9.17, 15) is 4.79 Å². The van der Waals surface area contributed by atoms with Gasteiger partial charge in [-0.1, -0.05) is 39.0 Å². The van der Waals surface area contributed by atoms with Crippen LogP contribution in [0.2, 0.25) is 0 Å². The number of likely N-dealkylation sites (N-methyl/N-ethyl adjacent to an activating group) is 1. The summed E-state index contributed by atoms with van der Waals surface area (Å²) in [5, 5.41) is 2.93. The molecule has 22 heavy (non-hydrogen) atoms. The molecule has 128 valence electrons. The van der Waals surface area contributed by atoms with Crippen molar-refractivity contribution in [1.82, 2.24) is 5.32 Å². The number of para-hydroxylation sites is 1. The summed E-state index contributed by atoms with van der Waals surface area (Å²) >= 11 is 0. The second-order valence-corrected chi connectivity index (χ2v) is 6.38. The summed E-state index contributed by atoms with van der Waals surface area (Å²) in [4.78, 5) is 14.1. The molecule has 0 fully saturated rings. The predicted octanol–water partition coefficient (Wildman–Crippen LogP) is 2.84. The molecule has 3 N–H and O–H groups in total. The molecule has 0 heterocycles. The number of nitrogens with one attached hydrogen (secondary N) is 1.